The van der Waals surface area contributed by atoms with Crippen molar-refractivity contribution in [1.29, 1.82) is 5.26 Å². The molecule has 0 fully saturated rings. The number of anilines is 1. The Kier molecular flexibility index (Phi) is 7.73. The zero-order valence-electron chi connectivity index (χ0n) is 15.3. The van der Waals surface area contributed by atoms with Crippen LogP contribution < -0.4 is 10.1 Å². The van der Waals surface area contributed by atoms with Crippen molar-refractivity contribution in [2.24, 2.45) is 5.92 Å². The van der Waals surface area contributed by atoms with E-state index in [1.807, 2.05) is 27.7 Å². The van der Waals surface area contributed by atoms with Gasteiger partial charge >= 0.3 is 0 Å². The van der Waals surface area contributed by atoms with E-state index in [0.29, 0.717) is 42.6 Å². The molecule has 5 heteroatoms. The van der Waals surface area contributed by atoms with E-state index in [1.54, 1.807) is 25.1 Å². The highest BCUT2D eigenvalue weighted by Crippen LogP contribution is 2.25. The van der Waals surface area contributed by atoms with Gasteiger partial charge in [-0.05, 0) is 43.9 Å². The fourth-order valence-electron chi connectivity index (χ4n) is 2.00. The first-order valence-corrected chi connectivity index (χ1v) is 8.48. The molecular formula is C19H28N2O3. The Morgan fingerprint density at radius 2 is 2.08 bits per heavy atom. The monoisotopic (exact) mass is 332 g/mol. The largest absolute Gasteiger partial charge is 0.492 e. The van der Waals surface area contributed by atoms with Crippen LogP contribution in [0.5, 0.6) is 5.75 Å². The van der Waals surface area contributed by atoms with Crippen LogP contribution >= 0.6 is 0 Å². The number of rotatable bonds is 9. The van der Waals surface area contributed by atoms with E-state index in [2.05, 4.69) is 11.4 Å². The van der Waals surface area contributed by atoms with E-state index in [1.165, 1.54) is 0 Å². The average molecular weight is 332 g/mol. The first kappa shape index (κ1) is 20.0. The van der Waals surface area contributed by atoms with Crippen molar-refractivity contribution in [3.05, 3.63) is 23.8 Å². The molecule has 0 radical (unpaired) electrons. The summed E-state index contributed by atoms with van der Waals surface area (Å²) in [5.41, 5.74) is 0.0877. The van der Waals surface area contributed by atoms with Crippen molar-refractivity contribution in [3.8, 4) is 11.8 Å². The number of nitriles is 1. The fraction of sp³-hybridized carbons (Fsp3) is 0.579. The lowest BCUT2D eigenvalue weighted by Crippen LogP contribution is -2.42. The highest BCUT2D eigenvalue weighted by molar-refractivity contribution is 5.97. The first-order chi connectivity index (χ1) is 11.4. The molecule has 0 aliphatic rings. The zero-order chi connectivity index (χ0) is 18.2. The van der Waals surface area contributed by atoms with Crippen molar-refractivity contribution in [3.63, 3.8) is 0 Å². The van der Waals surface area contributed by atoms with Crippen LogP contribution in [0.4, 0.5) is 5.69 Å². The third-order valence-corrected chi connectivity index (χ3v) is 3.71. The lowest BCUT2D eigenvalue weighted by molar-refractivity contribution is -0.139. The summed E-state index contributed by atoms with van der Waals surface area (Å²) in [5, 5.41) is 12.1. The van der Waals surface area contributed by atoms with Crippen molar-refractivity contribution in [1.82, 2.24) is 0 Å². The van der Waals surface area contributed by atoms with Gasteiger partial charge in [0.1, 0.15) is 17.4 Å². The van der Waals surface area contributed by atoms with Gasteiger partial charge in [0.2, 0.25) is 0 Å². The maximum Gasteiger partial charge on any atom is 0.256 e. The van der Waals surface area contributed by atoms with Gasteiger partial charge in [-0.1, -0.05) is 27.7 Å². The molecule has 0 spiro atoms. The minimum atomic E-state index is -0.879. The van der Waals surface area contributed by atoms with E-state index >= 15 is 0 Å². The van der Waals surface area contributed by atoms with Gasteiger partial charge in [0.05, 0.1) is 12.2 Å². The zero-order valence-corrected chi connectivity index (χ0v) is 15.3. The molecule has 1 atom stereocenters. The lowest BCUT2D eigenvalue weighted by atomic mass is 10.0. The van der Waals surface area contributed by atoms with Crippen LogP contribution in [0.15, 0.2) is 18.2 Å². The number of amides is 1. The van der Waals surface area contributed by atoms with E-state index in [-0.39, 0.29) is 5.91 Å². The van der Waals surface area contributed by atoms with Crippen molar-refractivity contribution in [2.75, 3.05) is 18.5 Å². The average Bonchev–Trinajstić information content (AvgIpc) is 2.58. The van der Waals surface area contributed by atoms with Crippen LogP contribution in [-0.4, -0.2) is 24.7 Å². The lowest BCUT2D eigenvalue weighted by Gasteiger charge is -2.27. The van der Waals surface area contributed by atoms with Gasteiger partial charge in [-0.3, -0.25) is 4.79 Å². The normalized spacial score (nSPS) is 13.2. The summed E-state index contributed by atoms with van der Waals surface area (Å²) in [5.74, 6) is 0.694. The second kappa shape index (κ2) is 9.29. The number of ether oxygens (including phenoxy) is 2. The maximum absolute atomic E-state index is 12.5. The summed E-state index contributed by atoms with van der Waals surface area (Å²) in [4.78, 5) is 12.5. The summed E-state index contributed by atoms with van der Waals surface area (Å²) >= 11 is 0. The van der Waals surface area contributed by atoms with Crippen LogP contribution in [-0.2, 0) is 9.53 Å². The molecular weight excluding hydrogens is 304 g/mol. The van der Waals surface area contributed by atoms with Crippen molar-refractivity contribution in [2.45, 2.75) is 53.1 Å². The SMILES string of the molecule is CCCO[C@@](C)(CC)C(=O)Nc1ccc(OCC(C)C)c(C#N)c1. The Bertz CT molecular complexity index is 593. The molecule has 0 aliphatic heterocycles. The fourth-order valence-corrected chi connectivity index (χ4v) is 2.00. The van der Waals surface area contributed by atoms with E-state index in [9.17, 15) is 10.1 Å². The highest BCUT2D eigenvalue weighted by atomic mass is 16.5. The van der Waals surface area contributed by atoms with Crippen LogP contribution in [0.3, 0.4) is 0 Å². The van der Waals surface area contributed by atoms with Gasteiger partial charge in [0.15, 0.2) is 0 Å². The topological polar surface area (TPSA) is 71.3 Å². The molecule has 5 nitrogen and oxygen atoms in total. The minimum Gasteiger partial charge on any atom is -0.492 e. The predicted octanol–water partition coefficient (Wildman–Crippen LogP) is 4.13. The summed E-state index contributed by atoms with van der Waals surface area (Å²) in [6.07, 6.45) is 1.42. The van der Waals surface area contributed by atoms with Gasteiger partial charge in [-0.15, -0.1) is 0 Å². The van der Waals surface area contributed by atoms with Crippen LogP contribution in [0.1, 0.15) is 53.0 Å². The molecule has 0 saturated carbocycles. The molecule has 0 aromatic heterocycles. The van der Waals surface area contributed by atoms with Gasteiger partial charge in [-0.25, -0.2) is 0 Å². The molecule has 0 aliphatic carbocycles. The number of hydrogen-bond donors (Lipinski definition) is 1. The highest BCUT2D eigenvalue weighted by Gasteiger charge is 2.32. The maximum atomic E-state index is 12.5. The molecule has 0 saturated heterocycles. The number of nitrogens with zero attached hydrogens (tertiary/aromatic N) is 1. The quantitative estimate of drug-likeness (QED) is 0.738. The molecule has 132 valence electrons. The second-order valence-electron chi connectivity index (χ2n) is 6.41. The minimum absolute atomic E-state index is 0.210. The molecule has 1 amide bonds. The summed E-state index contributed by atoms with van der Waals surface area (Å²) in [7, 11) is 0. The van der Waals surface area contributed by atoms with E-state index < -0.39 is 5.60 Å². The Balaban J connectivity index is 2.87. The third-order valence-electron chi connectivity index (χ3n) is 3.71. The van der Waals surface area contributed by atoms with Gasteiger partial charge < -0.3 is 14.8 Å². The molecule has 1 aromatic carbocycles. The summed E-state index contributed by atoms with van der Waals surface area (Å²) < 4.78 is 11.3. The number of carbonyl (C=O) groups is 1. The summed E-state index contributed by atoms with van der Waals surface area (Å²) in [6, 6.07) is 7.20. The van der Waals surface area contributed by atoms with Gasteiger partial charge in [-0.2, -0.15) is 5.26 Å². The molecule has 0 heterocycles. The van der Waals surface area contributed by atoms with Gasteiger partial charge in [0, 0.05) is 12.3 Å². The van der Waals surface area contributed by atoms with Crippen molar-refractivity contribution >= 4 is 11.6 Å². The number of nitrogens with one attached hydrogen (secondary N) is 1. The van der Waals surface area contributed by atoms with E-state index in [4.69, 9.17) is 9.47 Å². The predicted molar refractivity (Wildman–Crippen MR) is 95.1 cm³/mol. The van der Waals surface area contributed by atoms with Gasteiger partial charge in [0.25, 0.3) is 5.91 Å². The smallest absolute Gasteiger partial charge is 0.256 e. The van der Waals surface area contributed by atoms with Crippen LogP contribution in [0.2, 0.25) is 0 Å². The third kappa shape index (κ3) is 5.54. The molecule has 0 unspecified atom stereocenters. The molecule has 1 rings (SSSR count). The molecule has 0 bridgehead atoms. The number of carbonyl (C=O) groups excluding carboxylic acids is 1. The second-order valence-corrected chi connectivity index (χ2v) is 6.41. The Morgan fingerprint density at radius 1 is 1.38 bits per heavy atom. The first-order valence-electron chi connectivity index (χ1n) is 8.48. The van der Waals surface area contributed by atoms with Crippen LogP contribution in [0.25, 0.3) is 0 Å². The Hall–Kier alpha value is -2.06. The van der Waals surface area contributed by atoms with E-state index in [0.717, 1.165) is 6.42 Å². The standard InChI is InChI=1S/C19H28N2O3/c1-6-10-24-19(5,7-2)18(22)21-16-8-9-17(15(11-16)12-20)23-13-14(3)4/h8-9,11,14H,6-7,10,13H2,1-5H3,(H,21,22)/t19-/m0/s1. The molecule has 1 aromatic rings. The van der Waals surface area contributed by atoms with Crippen LogP contribution in [0, 0.1) is 17.2 Å². The summed E-state index contributed by atoms with van der Waals surface area (Å²) in [6.45, 7) is 10.9. The molecule has 1 N–H and O–H groups in total. The molecule has 24 heavy (non-hydrogen) atoms. The Morgan fingerprint density at radius 3 is 2.62 bits per heavy atom. The number of hydrogen-bond acceptors (Lipinski definition) is 4. The number of benzene rings is 1. The van der Waals surface area contributed by atoms with Crippen molar-refractivity contribution < 1.29 is 14.3 Å². The Labute approximate surface area is 145 Å².